The number of aliphatic hydroxyl groups is 1. The Kier molecular flexibility index (Phi) is 4.83. The second-order valence-electron chi connectivity index (χ2n) is 5.01. The van der Waals surface area contributed by atoms with Gasteiger partial charge in [-0.3, -0.25) is 0 Å². The molecule has 110 valence electrons. The molecule has 20 heavy (non-hydrogen) atoms. The molecule has 1 fully saturated rings. The molecule has 2 atom stereocenters. The number of hydrogen-bond acceptors (Lipinski definition) is 2. The van der Waals surface area contributed by atoms with E-state index < -0.39 is 5.82 Å². The molecule has 1 heterocycles. The predicted molar refractivity (Wildman–Crippen MR) is 75.2 cm³/mol. The smallest absolute Gasteiger partial charge is 0.318 e. The molecule has 0 aliphatic carbocycles. The maximum atomic E-state index is 13.0. The fourth-order valence-electron chi connectivity index (χ4n) is 2.49. The maximum Gasteiger partial charge on any atom is 0.318 e. The van der Waals surface area contributed by atoms with E-state index in [2.05, 4.69) is 5.32 Å². The van der Waals surface area contributed by atoms with Crippen LogP contribution in [-0.2, 0) is 0 Å². The molecule has 4 nitrogen and oxygen atoms in total. The van der Waals surface area contributed by atoms with Crippen LogP contribution in [0.5, 0.6) is 0 Å². The fraction of sp³-hybridized carbons (Fsp3) is 0.500. The molecule has 1 aromatic rings. The van der Waals surface area contributed by atoms with Crippen molar-refractivity contribution in [3.8, 4) is 0 Å². The number of likely N-dealkylation sites (tertiary alicyclic amines) is 1. The van der Waals surface area contributed by atoms with Crippen molar-refractivity contribution in [3.05, 3.63) is 34.6 Å². The molecule has 1 aromatic carbocycles. The number of aliphatic hydroxyl groups excluding tert-OH is 1. The zero-order chi connectivity index (χ0) is 14.7. The minimum Gasteiger partial charge on any atom is -0.394 e. The van der Waals surface area contributed by atoms with Crippen LogP contribution >= 0.6 is 11.6 Å². The highest BCUT2D eigenvalue weighted by Gasteiger charge is 2.29. The summed E-state index contributed by atoms with van der Waals surface area (Å²) < 4.78 is 13.0. The van der Waals surface area contributed by atoms with E-state index in [0.717, 1.165) is 12.8 Å². The molecule has 1 aliphatic heterocycles. The molecule has 1 aliphatic rings. The molecule has 0 saturated carbocycles. The predicted octanol–water partition coefficient (Wildman–Crippen LogP) is 2.71. The lowest BCUT2D eigenvalue weighted by Crippen LogP contribution is -2.44. The Morgan fingerprint density at radius 1 is 1.65 bits per heavy atom. The van der Waals surface area contributed by atoms with Crippen LogP contribution in [0, 0.1) is 5.82 Å². The second-order valence-corrected chi connectivity index (χ2v) is 5.42. The molecule has 2 rings (SSSR count). The number of halogens is 2. The first-order valence-electron chi connectivity index (χ1n) is 6.66. The quantitative estimate of drug-likeness (QED) is 0.902. The number of nitrogens with zero attached hydrogens (tertiary/aromatic N) is 1. The van der Waals surface area contributed by atoms with Crippen LogP contribution in [-0.4, -0.2) is 35.2 Å². The lowest BCUT2D eigenvalue weighted by atomic mass is 10.1. The van der Waals surface area contributed by atoms with Gasteiger partial charge in [-0.1, -0.05) is 17.7 Å². The number of amides is 2. The van der Waals surface area contributed by atoms with E-state index in [9.17, 15) is 14.3 Å². The van der Waals surface area contributed by atoms with Crippen LogP contribution in [0.4, 0.5) is 9.18 Å². The van der Waals surface area contributed by atoms with Crippen LogP contribution in [0.25, 0.3) is 0 Å². The van der Waals surface area contributed by atoms with Gasteiger partial charge < -0.3 is 15.3 Å². The Bertz CT molecular complexity index is 498. The minimum atomic E-state index is -0.405. The van der Waals surface area contributed by atoms with E-state index in [-0.39, 0.29) is 29.7 Å². The largest absolute Gasteiger partial charge is 0.394 e. The first kappa shape index (κ1) is 15.1. The lowest BCUT2D eigenvalue weighted by Gasteiger charge is -2.26. The Morgan fingerprint density at radius 3 is 3.05 bits per heavy atom. The summed E-state index contributed by atoms with van der Waals surface area (Å²) in [4.78, 5) is 13.8. The summed E-state index contributed by atoms with van der Waals surface area (Å²) >= 11 is 5.98. The molecule has 0 bridgehead atoms. The van der Waals surface area contributed by atoms with Gasteiger partial charge in [-0.2, -0.15) is 0 Å². The van der Waals surface area contributed by atoms with Crippen LogP contribution in [0.1, 0.15) is 31.4 Å². The number of hydrogen-bond donors (Lipinski definition) is 2. The molecule has 0 spiro atoms. The zero-order valence-electron chi connectivity index (χ0n) is 11.3. The Hall–Kier alpha value is -1.33. The fourth-order valence-corrected chi connectivity index (χ4v) is 2.82. The molecule has 2 amide bonds. The first-order valence-corrected chi connectivity index (χ1v) is 7.03. The summed E-state index contributed by atoms with van der Waals surface area (Å²) in [7, 11) is 0. The Balaban J connectivity index is 2.03. The number of rotatable bonds is 3. The summed E-state index contributed by atoms with van der Waals surface area (Å²) in [5.74, 6) is -0.405. The minimum absolute atomic E-state index is 0.0287. The first-order chi connectivity index (χ1) is 9.52. The van der Waals surface area contributed by atoms with E-state index in [1.165, 1.54) is 12.1 Å². The van der Waals surface area contributed by atoms with Gasteiger partial charge in [-0.25, -0.2) is 9.18 Å². The zero-order valence-corrected chi connectivity index (χ0v) is 12.0. The van der Waals surface area contributed by atoms with Gasteiger partial charge >= 0.3 is 6.03 Å². The highest BCUT2D eigenvalue weighted by Crippen LogP contribution is 2.24. The van der Waals surface area contributed by atoms with E-state index >= 15 is 0 Å². The van der Waals surface area contributed by atoms with Crippen molar-refractivity contribution in [1.82, 2.24) is 10.2 Å². The van der Waals surface area contributed by atoms with Crippen LogP contribution in [0.2, 0.25) is 5.02 Å². The normalized spacial score (nSPS) is 20.0. The van der Waals surface area contributed by atoms with E-state index in [1.54, 1.807) is 17.9 Å². The summed E-state index contributed by atoms with van der Waals surface area (Å²) in [5.41, 5.74) is 0.668. The van der Waals surface area contributed by atoms with Crippen molar-refractivity contribution in [3.63, 3.8) is 0 Å². The molecule has 1 saturated heterocycles. The molecule has 2 N–H and O–H groups in total. The number of carbonyl (C=O) groups is 1. The van der Waals surface area contributed by atoms with Gasteiger partial charge in [-0.15, -0.1) is 0 Å². The molecule has 2 unspecified atom stereocenters. The van der Waals surface area contributed by atoms with Crippen LogP contribution in [0.3, 0.4) is 0 Å². The Morgan fingerprint density at radius 2 is 2.40 bits per heavy atom. The highest BCUT2D eigenvalue weighted by atomic mass is 35.5. The lowest BCUT2D eigenvalue weighted by molar-refractivity contribution is 0.155. The summed E-state index contributed by atoms with van der Waals surface area (Å²) in [6.07, 6.45) is 1.71. The van der Waals surface area contributed by atoms with Gasteiger partial charge in [0.25, 0.3) is 0 Å². The molecule has 0 radical (unpaired) electrons. The third-order valence-electron chi connectivity index (χ3n) is 3.62. The highest BCUT2D eigenvalue weighted by molar-refractivity contribution is 6.31. The summed E-state index contributed by atoms with van der Waals surface area (Å²) in [5, 5.41) is 12.3. The maximum absolute atomic E-state index is 13.0. The van der Waals surface area contributed by atoms with Gasteiger partial charge in [0.2, 0.25) is 0 Å². The summed E-state index contributed by atoms with van der Waals surface area (Å²) in [6.45, 7) is 2.40. The SMILES string of the molecule is CC(NC(=O)N1CCCC1CO)c1ccc(F)cc1Cl. The number of benzene rings is 1. The van der Waals surface area contributed by atoms with Crippen molar-refractivity contribution in [1.29, 1.82) is 0 Å². The molecular formula is C14H18ClFN2O2. The van der Waals surface area contributed by atoms with Crippen molar-refractivity contribution < 1.29 is 14.3 Å². The second kappa shape index (κ2) is 6.41. The summed E-state index contributed by atoms with van der Waals surface area (Å²) in [6, 6.07) is 3.44. The van der Waals surface area contributed by atoms with Gasteiger partial charge in [0.05, 0.1) is 18.7 Å². The van der Waals surface area contributed by atoms with Gasteiger partial charge in [0.1, 0.15) is 5.82 Å². The monoisotopic (exact) mass is 300 g/mol. The average Bonchev–Trinajstić information content (AvgIpc) is 2.86. The van der Waals surface area contributed by atoms with Gasteiger partial charge in [-0.05, 0) is 37.5 Å². The van der Waals surface area contributed by atoms with Crippen molar-refractivity contribution in [2.24, 2.45) is 0 Å². The Labute approximate surface area is 122 Å². The topological polar surface area (TPSA) is 52.6 Å². The molecular weight excluding hydrogens is 283 g/mol. The average molecular weight is 301 g/mol. The third kappa shape index (κ3) is 3.22. The van der Waals surface area contributed by atoms with Crippen molar-refractivity contribution in [2.75, 3.05) is 13.2 Å². The van der Waals surface area contributed by atoms with E-state index in [1.807, 2.05) is 0 Å². The van der Waals surface area contributed by atoms with Crippen LogP contribution < -0.4 is 5.32 Å². The number of nitrogens with one attached hydrogen (secondary N) is 1. The van der Waals surface area contributed by atoms with E-state index in [4.69, 9.17) is 11.6 Å². The van der Waals surface area contributed by atoms with Crippen molar-refractivity contribution in [2.45, 2.75) is 31.8 Å². The number of carbonyl (C=O) groups excluding carboxylic acids is 1. The third-order valence-corrected chi connectivity index (χ3v) is 3.95. The van der Waals surface area contributed by atoms with Crippen LogP contribution in [0.15, 0.2) is 18.2 Å². The molecule has 6 heteroatoms. The standard InChI is InChI=1S/C14H18ClFN2O2/c1-9(12-5-4-10(16)7-13(12)15)17-14(20)18-6-2-3-11(18)8-19/h4-5,7,9,11,19H,2-3,6,8H2,1H3,(H,17,20). The van der Waals surface area contributed by atoms with Gasteiger partial charge in [0.15, 0.2) is 0 Å². The van der Waals surface area contributed by atoms with E-state index in [0.29, 0.717) is 12.1 Å². The van der Waals surface area contributed by atoms with Gasteiger partial charge in [0, 0.05) is 11.6 Å². The van der Waals surface area contributed by atoms with Crippen molar-refractivity contribution >= 4 is 17.6 Å². The number of urea groups is 1. The molecule has 0 aromatic heterocycles.